The van der Waals surface area contributed by atoms with Crippen molar-refractivity contribution in [3.8, 4) is 0 Å². The highest BCUT2D eigenvalue weighted by Crippen LogP contribution is 2.23. The Labute approximate surface area is 159 Å². The molecule has 0 bridgehead atoms. The average molecular weight is 363 g/mol. The van der Waals surface area contributed by atoms with Crippen molar-refractivity contribution in [2.24, 2.45) is 0 Å². The van der Waals surface area contributed by atoms with Crippen LogP contribution in [0.1, 0.15) is 12.5 Å². The Bertz CT molecular complexity index is 956. The van der Waals surface area contributed by atoms with Crippen LogP contribution in [0.2, 0.25) is 0 Å². The summed E-state index contributed by atoms with van der Waals surface area (Å²) in [6, 6.07) is 16.1. The molecule has 4 rings (SSSR count). The number of carbonyl (C=O) groups excluding carboxylic acids is 1. The summed E-state index contributed by atoms with van der Waals surface area (Å²) in [6.45, 7) is 7.96. The van der Waals surface area contributed by atoms with E-state index in [1.54, 1.807) is 0 Å². The number of amides is 2. The van der Waals surface area contributed by atoms with E-state index in [-0.39, 0.29) is 6.03 Å². The number of nitrogens with one attached hydrogen (secondary N) is 1. The number of aromatic nitrogens is 2. The molecule has 1 fully saturated rings. The van der Waals surface area contributed by atoms with Gasteiger partial charge in [-0.25, -0.2) is 9.78 Å². The van der Waals surface area contributed by atoms with Crippen LogP contribution in [0.25, 0.3) is 11.0 Å². The standard InChI is InChI=1S/C21H25N5O/c1-3-26-19-11-7-6-10-18(19)22-20(26)24-12-14-25(15-13-24)21(27)23-17-9-5-4-8-16(17)2/h4-11H,3,12-15H2,1-2H3,(H,23,27). The fourth-order valence-corrected chi connectivity index (χ4v) is 3.63. The van der Waals surface area contributed by atoms with Crippen LogP contribution in [0, 0.1) is 6.92 Å². The van der Waals surface area contributed by atoms with Gasteiger partial charge in [0.1, 0.15) is 0 Å². The van der Waals surface area contributed by atoms with Crippen molar-refractivity contribution in [3.63, 3.8) is 0 Å². The van der Waals surface area contributed by atoms with Gasteiger partial charge in [-0.3, -0.25) is 0 Å². The Balaban J connectivity index is 1.45. The minimum Gasteiger partial charge on any atom is -0.339 e. The van der Waals surface area contributed by atoms with Gasteiger partial charge in [0.05, 0.1) is 11.0 Å². The molecule has 0 spiro atoms. The Hall–Kier alpha value is -3.02. The molecular weight excluding hydrogens is 338 g/mol. The molecule has 27 heavy (non-hydrogen) atoms. The van der Waals surface area contributed by atoms with Gasteiger partial charge in [-0.2, -0.15) is 0 Å². The first-order valence-corrected chi connectivity index (χ1v) is 9.49. The number of rotatable bonds is 3. The lowest BCUT2D eigenvalue weighted by molar-refractivity contribution is 0.208. The number of piperazine rings is 1. The van der Waals surface area contributed by atoms with Crippen LogP contribution in [0.15, 0.2) is 48.5 Å². The molecule has 0 radical (unpaired) electrons. The lowest BCUT2D eigenvalue weighted by atomic mass is 10.2. The molecule has 140 valence electrons. The highest BCUT2D eigenvalue weighted by Gasteiger charge is 2.24. The van der Waals surface area contributed by atoms with E-state index in [1.807, 2.05) is 48.2 Å². The van der Waals surface area contributed by atoms with Crippen LogP contribution in [0.5, 0.6) is 0 Å². The second kappa shape index (κ2) is 7.31. The van der Waals surface area contributed by atoms with Crippen LogP contribution in [0.4, 0.5) is 16.4 Å². The zero-order valence-corrected chi connectivity index (χ0v) is 15.9. The van der Waals surface area contributed by atoms with Crippen LogP contribution in [0.3, 0.4) is 0 Å². The number of carbonyl (C=O) groups is 1. The maximum atomic E-state index is 12.6. The number of hydrogen-bond donors (Lipinski definition) is 1. The second-order valence-corrected chi connectivity index (χ2v) is 6.86. The largest absolute Gasteiger partial charge is 0.339 e. The molecule has 2 amide bonds. The van der Waals surface area contributed by atoms with Gasteiger partial charge in [0.25, 0.3) is 0 Å². The Morgan fingerprint density at radius 2 is 1.74 bits per heavy atom. The van der Waals surface area contributed by atoms with Crippen molar-refractivity contribution in [1.82, 2.24) is 14.5 Å². The normalized spacial score (nSPS) is 14.6. The summed E-state index contributed by atoms with van der Waals surface area (Å²) in [5, 5.41) is 3.03. The van der Waals surface area contributed by atoms with E-state index in [9.17, 15) is 4.79 Å². The first-order chi connectivity index (χ1) is 13.2. The summed E-state index contributed by atoms with van der Waals surface area (Å²) in [7, 11) is 0. The summed E-state index contributed by atoms with van der Waals surface area (Å²) in [5.41, 5.74) is 4.13. The molecule has 1 N–H and O–H groups in total. The number of urea groups is 1. The van der Waals surface area contributed by atoms with Gasteiger partial charge in [-0.15, -0.1) is 0 Å². The van der Waals surface area contributed by atoms with Gasteiger partial charge in [0.15, 0.2) is 0 Å². The molecule has 0 aliphatic carbocycles. The minimum atomic E-state index is -0.0343. The van der Waals surface area contributed by atoms with Crippen molar-refractivity contribution in [2.45, 2.75) is 20.4 Å². The van der Waals surface area contributed by atoms with Gasteiger partial charge in [-0.05, 0) is 37.6 Å². The first-order valence-electron chi connectivity index (χ1n) is 9.49. The number of anilines is 2. The predicted molar refractivity (Wildman–Crippen MR) is 109 cm³/mol. The van der Waals surface area contributed by atoms with Crippen LogP contribution in [-0.4, -0.2) is 46.7 Å². The maximum absolute atomic E-state index is 12.6. The molecule has 2 heterocycles. The number of nitrogens with zero attached hydrogens (tertiary/aromatic N) is 4. The van der Waals surface area contributed by atoms with E-state index in [0.29, 0.717) is 13.1 Å². The SMILES string of the molecule is CCn1c(N2CCN(C(=O)Nc3ccccc3C)CC2)nc2ccccc21. The monoisotopic (exact) mass is 363 g/mol. The van der Waals surface area contributed by atoms with E-state index in [1.165, 1.54) is 0 Å². The van der Waals surface area contributed by atoms with Crippen molar-refractivity contribution in [3.05, 3.63) is 54.1 Å². The predicted octanol–water partition coefficient (Wildman–Crippen LogP) is 3.72. The molecule has 2 aromatic carbocycles. The zero-order chi connectivity index (χ0) is 18.8. The van der Waals surface area contributed by atoms with E-state index < -0.39 is 0 Å². The third-order valence-electron chi connectivity index (χ3n) is 5.19. The molecule has 1 aliphatic rings. The zero-order valence-electron chi connectivity index (χ0n) is 15.9. The average Bonchev–Trinajstić information content (AvgIpc) is 3.08. The number of aryl methyl sites for hydroxylation is 2. The second-order valence-electron chi connectivity index (χ2n) is 6.86. The summed E-state index contributed by atoms with van der Waals surface area (Å²) >= 11 is 0. The number of benzene rings is 2. The Morgan fingerprint density at radius 3 is 2.48 bits per heavy atom. The molecular formula is C21H25N5O. The van der Waals surface area contributed by atoms with Crippen LogP contribution < -0.4 is 10.2 Å². The minimum absolute atomic E-state index is 0.0343. The molecule has 0 atom stereocenters. The fraction of sp³-hybridized carbons (Fsp3) is 0.333. The highest BCUT2D eigenvalue weighted by atomic mass is 16.2. The molecule has 6 heteroatoms. The van der Waals surface area contributed by atoms with Crippen LogP contribution in [-0.2, 0) is 6.54 Å². The van der Waals surface area contributed by atoms with E-state index in [4.69, 9.17) is 4.98 Å². The smallest absolute Gasteiger partial charge is 0.321 e. The number of hydrogen-bond acceptors (Lipinski definition) is 3. The van der Waals surface area contributed by atoms with Crippen molar-refractivity contribution in [1.29, 1.82) is 0 Å². The molecule has 0 saturated carbocycles. The Kier molecular flexibility index (Phi) is 4.71. The lowest BCUT2D eigenvalue weighted by Gasteiger charge is -2.35. The van der Waals surface area contributed by atoms with Crippen LogP contribution >= 0.6 is 0 Å². The lowest BCUT2D eigenvalue weighted by Crippen LogP contribution is -2.50. The maximum Gasteiger partial charge on any atom is 0.321 e. The van der Waals surface area contributed by atoms with E-state index in [0.717, 1.165) is 47.9 Å². The molecule has 1 saturated heterocycles. The van der Waals surface area contributed by atoms with Gasteiger partial charge < -0.3 is 19.7 Å². The summed E-state index contributed by atoms with van der Waals surface area (Å²) in [4.78, 5) is 21.6. The summed E-state index contributed by atoms with van der Waals surface area (Å²) in [5.74, 6) is 0.998. The summed E-state index contributed by atoms with van der Waals surface area (Å²) in [6.07, 6.45) is 0. The number of fused-ring (bicyclic) bond motifs is 1. The molecule has 6 nitrogen and oxygen atoms in total. The summed E-state index contributed by atoms with van der Waals surface area (Å²) < 4.78 is 2.25. The van der Waals surface area contributed by atoms with Crippen molar-refractivity contribution >= 4 is 28.7 Å². The van der Waals surface area contributed by atoms with Gasteiger partial charge in [-0.1, -0.05) is 30.3 Å². The first kappa shape index (κ1) is 17.4. The molecule has 1 aromatic heterocycles. The third-order valence-corrected chi connectivity index (χ3v) is 5.19. The Morgan fingerprint density at radius 1 is 1.04 bits per heavy atom. The molecule has 1 aliphatic heterocycles. The molecule has 3 aromatic rings. The fourth-order valence-electron chi connectivity index (χ4n) is 3.63. The van der Waals surface area contributed by atoms with E-state index >= 15 is 0 Å². The third kappa shape index (κ3) is 3.35. The van der Waals surface area contributed by atoms with Crippen molar-refractivity contribution in [2.75, 3.05) is 36.4 Å². The number of imidazole rings is 1. The van der Waals surface area contributed by atoms with Gasteiger partial charge >= 0.3 is 6.03 Å². The molecule has 0 unspecified atom stereocenters. The quantitative estimate of drug-likeness (QED) is 0.772. The van der Waals surface area contributed by atoms with Gasteiger partial charge in [0.2, 0.25) is 5.95 Å². The number of para-hydroxylation sites is 3. The van der Waals surface area contributed by atoms with E-state index in [2.05, 4.69) is 33.8 Å². The highest BCUT2D eigenvalue weighted by molar-refractivity contribution is 5.90. The van der Waals surface area contributed by atoms with Gasteiger partial charge in [0, 0.05) is 38.4 Å². The van der Waals surface area contributed by atoms with Crippen molar-refractivity contribution < 1.29 is 4.79 Å². The topological polar surface area (TPSA) is 53.4 Å².